The van der Waals surface area contributed by atoms with Crippen LogP contribution in [0.4, 0.5) is 0 Å². The minimum atomic E-state index is -4.71. The van der Waals surface area contributed by atoms with Crippen molar-refractivity contribution in [1.29, 1.82) is 0 Å². The fourth-order valence-electron chi connectivity index (χ4n) is 10.5. The first-order valence-electron chi connectivity index (χ1n) is 35.4. The van der Waals surface area contributed by atoms with E-state index in [1.807, 2.05) is 33.3 Å². The summed E-state index contributed by atoms with van der Waals surface area (Å²) >= 11 is 0. The van der Waals surface area contributed by atoms with Gasteiger partial charge in [-0.3, -0.25) is 14.2 Å². The third-order valence-electron chi connectivity index (χ3n) is 16.0. The summed E-state index contributed by atoms with van der Waals surface area (Å²) in [5.74, 6) is -0.540. The molecule has 0 spiro atoms. The zero-order valence-corrected chi connectivity index (χ0v) is 56.1. The molecule has 0 aromatic carbocycles. The summed E-state index contributed by atoms with van der Waals surface area (Å²) in [4.78, 5) is 40.1. The molecule has 0 aromatic heterocycles. The molecule has 9 nitrogen and oxygen atoms in total. The van der Waals surface area contributed by atoms with E-state index in [-0.39, 0.29) is 24.9 Å². The first kappa shape index (κ1) is 80.0. The first-order chi connectivity index (χ1) is 39.9. The van der Waals surface area contributed by atoms with E-state index < -0.39 is 26.6 Å². The van der Waals surface area contributed by atoms with Crippen LogP contribution >= 0.6 is 7.82 Å². The number of nitrogens with zero attached hydrogens (tertiary/aromatic N) is 1. The number of allylic oxidation sites excluding steroid dienone is 7. The largest absolute Gasteiger partial charge is 0.756 e. The Labute approximate surface area is 509 Å². The summed E-state index contributed by atoms with van der Waals surface area (Å²) < 4.78 is 30.4. The van der Waals surface area contributed by atoms with Crippen molar-refractivity contribution in [2.45, 2.75) is 360 Å². The van der Waals surface area contributed by atoms with Crippen molar-refractivity contribution in [2.24, 2.45) is 0 Å². The van der Waals surface area contributed by atoms with Crippen molar-refractivity contribution in [3.8, 4) is 0 Å². The highest BCUT2D eigenvalue weighted by atomic mass is 31.2. The molecule has 0 radical (unpaired) electrons. The molecule has 0 aromatic rings. The summed E-state index contributed by atoms with van der Waals surface area (Å²) in [5, 5.41) is 3.04. The lowest BCUT2D eigenvalue weighted by Crippen LogP contribution is -2.47. The number of nitrogens with one attached hydrogen (secondary N) is 1. The fourth-order valence-corrected chi connectivity index (χ4v) is 11.3. The third kappa shape index (κ3) is 62.5. The number of hydrogen-bond donors (Lipinski definition) is 1. The van der Waals surface area contributed by atoms with Gasteiger partial charge in [0.15, 0.2) is 0 Å². The molecule has 1 N–H and O–H groups in total. The molecule has 0 aliphatic heterocycles. The van der Waals surface area contributed by atoms with Gasteiger partial charge in [0.05, 0.1) is 33.8 Å². The summed E-state index contributed by atoms with van der Waals surface area (Å²) in [5.41, 5.74) is 0. The summed E-state index contributed by atoms with van der Waals surface area (Å²) in [6, 6.07) is -0.894. The number of carbonyl (C=O) groups is 2. The highest BCUT2D eigenvalue weighted by Crippen LogP contribution is 2.38. The van der Waals surface area contributed by atoms with Gasteiger partial charge in [0.2, 0.25) is 5.91 Å². The Morgan fingerprint density at radius 3 is 1.13 bits per heavy atom. The second-order valence-corrected chi connectivity index (χ2v) is 26.8. The van der Waals surface area contributed by atoms with Crippen LogP contribution in [0.25, 0.3) is 0 Å². The van der Waals surface area contributed by atoms with Gasteiger partial charge in [-0.05, 0) is 70.3 Å². The molecule has 10 heteroatoms. The molecule has 0 aliphatic rings. The zero-order valence-electron chi connectivity index (χ0n) is 55.2. The molecule has 3 atom stereocenters. The molecular weight excluding hydrogens is 1040 g/mol. The number of hydrogen-bond acceptors (Lipinski definition) is 7. The van der Waals surface area contributed by atoms with Gasteiger partial charge < -0.3 is 28.5 Å². The number of phosphoric ester groups is 1. The van der Waals surface area contributed by atoms with Crippen LogP contribution < -0.4 is 10.2 Å². The van der Waals surface area contributed by atoms with E-state index in [4.69, 9.17) is 13.8 Å². The number of quaternary nitrogens is 1. The average molecular weight is 1170 g/mol. The predicted octanol–water partition coefficient (Wildman–Crippen LogP) is 21.8. The van der Waals surface area contributed by atoms with Crippen LogP contribution in [0, 0.1) is 0 Å². The fraction of sp³-hybridized carbons (Fsp3) is 0.861. The number of amides is 1. The summed E-state index contributed by atoms with van der Waals surface area (Å²) in [6.07, 6.45) is 78.1. The molecule has 1 amide bonds. The minimum Gasteiger partial charge on any atom is -0.756 e. The molecule has 0 saturated carbocycles. The van der Waals surface area contributed by atoms with Crippen LogP contribution in [0.2, 0.25) is 0 Å². The lowest BCUT2D eigenvalue weighted by atomic mass is 10.0. The normalized spacial score (nSPS) is 13.8. The molecule has 0 bridgehead atoms. The smallest absolute Gasteiger partial charge is 0.306 e. The molecule has 0 heterocycles. The maximum Gasteiger partial charge on any atom is 0.306 e. The van der Waals surface area contributed by atoms with Gasteiger partial charge in [0, 0.05) is 12.8 Å². The van der Waals surface area contributed by atoms with E-state index in [1.54, 1.807) is 0 Å². The van der Waals surface area contributed by atoms with Gasteiger partial charge in [0.1, 0.15) is 19.3 Å². The van der Waals surface area contributed by atoms with Crippen molar-refractivity contribution >= 4 is 19.7 Å². The van der Waals surface area contributed by atoms with Crippen molar-refractivity contribution in [3.63, 3.8) is 0 Å². The van der Waals surface area contributed by atoms with Gasteiger partial charge in [0.25, 0.3) is 7.82 Å². The summed E-state index contributed by atoms with van der Waals surface area (Å²) in [6.45, 7) is 6.85. The van der Waals surface area contributed by atoms with E-state index in [9.17, 15) is 19.0 Å². The van der Waals surface area contributed by atoms with Crippen LogP contribution in [0.5, 0.6) is 0 Å². The molecule has 0 saturated heterocycles. The number of unbranched alkanes of at least 4 members (excludes halogenated alkanes) is 43. The number of phosphoric acid groups is 1. The minimum absolute atomic E-state index is 0.0238. The van der Waals surface area contributed by atoms with Gasteiger partial charge in [-0.25, -0.2) is 0 Å². The van der Waals surface area contributed by atoms with Crippen molar-refractivity contribution in [2.75, 3.05) is 40.9 Å². The van der Waals surface area contributed by atoms with Crippen LogP contribution in [-0.2, 0) is 27.9 Å². The molecule has 3 unspecified atom stereocenters. The lowest BCUT2D eigenvalue weighted by Gasteiger charge is -2.30. The molecule has 0 aliphatic carbocycles. The van der Waals surface area contributed by atoms with E-state index in [1.165, 1.54) is 225 Å². The highest BCUT2D eigenvalue weighted by molar-refractivity contribution is 7.45. The molecule has 82 heavy (non-hydrogen) atoms. The number of rotatable bonds is 65. The number of ether oxygens (including phenoxy) is 1. The van der Waals surface area contributed by atoms with E-state index in [0.29, 0.717) is 17.4 Å². The van der Waals surface area contributed by atoms with E-state index in [0.717, 1.165) is 89.9 Å². The Balaban J connectivity index is 5.05. The number of likely N-dealkylation sites (N-methyl/N-ethyl adjacent to an activating group) is 1. The maximum atomic E-state index is 13.6. The van der Waals surface area contributed by atoms with E-state index >= 15 is 0 Å². The second-order valence-electron chi connectivity index (χ2n) is 25.4. The average Bonchev–Trinajstić information content (AvgIpc) is 3.47. The Morgan fingerprint density at radius 1 is 0.427 bits per heavy atom. The van der Waals surface area contributed by atoms with Crippen LogP contribution in [0.15, 0.2) is 48.6 Å². The first-order valence-corrected chi connectivity index (χ1v) is 36.9. The van der Waals surface area contributed by atoms with Crippen LogP contribution in [0.3, 0.4) is 0 Å². The molecule has 0 fully saturated rings. The number of esters is 1. The third-order valence-corrected chi connectivity index (χ3v) is 17.0. The molecular formula is C72H137N2O7P. The van der Waals surface area contributed by atoms with Crippen molar-refractivity contribution < 1.29 is 37.3 Å². The van der Waals surface area contributed by atoms with Gasteiger partial charge in [-0.1, -0.05) is 314 Å². The quantitative estimate of drug-likeness (QED) is 0.0212. The van der Waals surface area contributed by atoms with Crippen LogP contribution in [0.1, 0.15) is 348 Å². The Bertz CT molecular complexity index is 1540. The number of carbonyl (C=O) groups excluding carboxylic acids is 2. The van der Waals surface area contributed by atoms with Crippen molar-refractivity contribution in [1.82, 2.24) is 5.32 Å². The highest BCUT2D eigenvalue weighted by Gasteiger charge is 2.27. The Hall–Kier alpha value is -2.03. The maximum absolute atomic E-state index is 13.6. The SMILES string of the molecule is CCCCC/C=C\C/C=C\C/C=C\CCCCCCCCC(=O)NC(COP(=O)([O-])OCC[N+](C)(C)C)C(/C=C\CCCCCCCCCCCC)OC(=O)CCCCCCCCCCCCCCCCCCCCCCCCCCC. The monoisotopic (exact) mass is 1170 g/mol. The standard InChI is InChI=1S/C72H137N2O7P/c1-7-10-13-16-19-22-25-28-30-32-34-35-36-37-38-39-41-43-45-47-50-53-56-59-62-65-72(76)81-70(63-60-57-54-51-48-27-24-21-18-15-12-9-3)69(68-80-82(77,78)79-67-66-74(4,5)6)73-71(75)64-61-58-55-52-49-46-44-42-40-33-31-29-26-23-20-17-14-11-8-2/h20,23,29,31,40,42,60,63,69-70H,7-19,21-22,24-28,30,32-39,41,43-59,61-62,64-68H2,1-6H3,(H-,73,75,77,78)/b23-20-,31-29-,42-40-,63-60-. The Morgan fingerprint density at radius 2 is 0.744 bits per heavy atom. The van der Waals surface area contributed by atoms with Crippen molar-refractivity contribution in [3.05, 3.63) is 48.6 Å². The van der Waals surface area contributed by atoms with Gasteiger partial charge >= 0.3 is 5.97 Å². The summed E-state index contributed by atoms with van der Waals surface area (Å²) in [7, 11) is 1.19. The van der Waals surface area contributed by atoms with Gasteiger partial charge in [-0.15, -0.1) is 0 Å². The predicted molar refractivity (Wildman–Crippen MR) is 353 cm³/mol. The molecule has 0 rings (SSSR count). The second kappa shape index (κ2) is 62.0. The van der Waals surface area contributed by atoms with Crippen LogP contribution in [-0.4, -0.2) is 69.4 Å². The lowest BCUT2D eigenvalue weighted by molar-refractivity contribution is -0.870. The molecule has 482 valence electrons. The Kier molecular flexibility index (Phi) is 60.5. The van der Waals surface area contributed by atoms with Gasteiger partial charge in [-0.2, -0.15) is 0 Å². The zero-order chi connectivity index (χ0) is 60.0. The van der Waals surface area contributed by atoms with E-state index in [2.05, 4.69) is 62.5 Å². The topological polar surface area (TPSA) is 114 Å².